The summed E-state index contributed by atoms with van der Waals surface area (Å²) in [5.41, 5.74) is 4.72. The zero-order valence-corrected chi connectivity index (χ0v) is 24.6. The summed E-state index contributed by atoms with van der Waals surface area (Å²) in [4.78, 5) is 28.2. The Morgan fingerprint density at radius 3 is 2.72 bits per heavy atom. The number of carbonyl (C=O) groups excluding carboxylic acids is 2. The van der Waals surface area contributed by atoms with Crippen LogP contribution >= 0.6 is 0 Å². The molecule has 0 N–H and O–H groups in total. The maximum atomic E-state index is 16.1. The topological polar surface area (TPSA) is 102 Å². The lowest BCUT2D eigenvalue weighted by Gasteiger charge is -2.35. The maximum Gasteiger partial charge on any atom is 0.341 e. The second kappa shape index (κ2) is 12.1. The number of rotatable bonds is 8. The number of halogens is 1. The molecule has 1 aromatic heterocycles. The van der Waals surface area contributed by atoms with Crippen molar-refractivity contribution in [3.63, 3.8) is 0 Å². The number of esters is 1. The van der Waals surface area contributed by atoms with E-state index >= 15 is 4.39 Å². The van der Waals surface area contributed by atoms with E-state index < -0.39 is 11.8 Å². The molecule has 3 heterocycles. The van der Waals surface area contributed by atoms with Crippen molar-refractivity contribution in [1.29, 1.82) is 0 Å². The van der Waals surface area contributed by atoms with Crippen LogP contribution in [0.2, 0.25) is 0 Å². The number of benzene rings is 2. The summed E-state index contributed by atoms with van der Waals surface area (Å²) in [7, 11) is 3.48. The van der Waals surface area contributed by atoms with E-state index in [1.54, 1.807) is 52.9 Å². The fourth-order valence-electron chi connectivity index (χ4n) is 6.10. The normalized spacial score (nSPS) is 21.4. The van der Waals surface area contributed by atoms with Gasteiger partial charge in [0.1, 0.15) is 11.4 Å². The molecule has 0 bridgehead atoms. The molecule has 2 atom stereocenters. The molecule has 3 aliphatic rings. The van der Waals surface area contributed by atoms with E-state index in [2.05, 4.69) is 15.4 Å². The number of ether oxygens (including phenoxy) is 2. The molecule has 3 aromatic rings. The summed E-state index contributed by atoms with van der Waals surface area (Å²) < 4.78 is 28.5. The Morgan fingerprint density at radius 2 is 1.95 bits per heavy atom. The summed E-state index contributed by atoms with van der Waals surface area (Å²) in [5.74, 6) is -1.39. The Hall–Kier alpha value is -4.38. The van der Waals surface area contributed by atoms with Gasteiger partial charge in [0.05, 0.1) is 54.6 Å². The number of likely N-dealkylation sites (tertiary alicyclic amines) is 1. The first kappa shape index (κ1) is 28.7. The van der Waals surface area contributed by atoms with E-state index in [0.29, 0.717) is 47.8 Å². The summed E-state index contributed by atoms with van der Waals surface area (Å²) in [6.45, 7) is 3.62. The van der Waals surface area contributed by atoms with Crippen LogP contribution in [-0.2, 0) is 9.47 Å². The number of aromatic nitrogens is 2. The van der Waals surface area contributed by atoms with Crippen LogP contribution in [0.25, 0.3) is 16.8 Å². The van der Waals surface area contributed by atoms with Gasteiger partial charge in [0.25, 0.3) is 5.91 Å². The van der Waals surface area contributed by atoms with E-state index in [-0.39, 0.29) is 30.0 Å². The maximum absolute atomic E-state index is 16.1. The number of amides is 1. The molecular formula is C32H35FN6O4. The van der Waals surface area contributed by atoms with Crippen molar-refractivity contribution in [1.82, 2.24) is 19.7 Å². The van der Waals surface area contributed by atoms with Crippen LogP contribution in [0.4, 0.5) is 4.39 Å². The largest absolute Gasteiger partial charge is 0.462 e. The van der Waals surface area contributed by atoms with Crippen molar-refractivity contribution in [3.8, 4) is 16.8 Å². The van der Waals surface area contributed by atoms with Crippen LogP contribution in [-0.4, -0.2) is 78.1 Å². The summed E-state index contributed by atoms with van der Waals surface area (Å²) in [6, 6.07) is 12.2. The van der Waals surface area contributed by atoms with Crippen molar-refractivity contribution in [2.24, 2.45) is 10.3 Å². The third kappa shape index (κ3) is 5.56. The Bertz CT molecular complexity index is 1610. The highest BCUT2D eigenvalue weighted by Gasteiger charge is 2.42. The van der Waals surface area contributed by atoms with E-state index in [9.17, 15) is 9.59 Å². The van der Waals surface area contributed by atoms with Gasteiger partial charge >= 0.3 is 5.97 Å². The highest BCUT2D eigenvalue weighted by molar-refractivity contribution is 5.96. The van der Waals surface area contributed by atoms with Crippen molar-refractivity contribution < 1.29 is 23.5 Å². The summed E-state index contributed by atoms with van der Waals surface area (Å²) >= 11 is 0. The van der Waals surface area contributed by atoms with Crippen LogP contribution in [0.5, 0.6) is 0 Å². The number of methoxy groups -OCH3 is 1. The lowest BCUT2D eigenvalue weighted by atomic mass is 9.98. The second-order valence-corrected chi connectivity index (χ2v) is 11.1. The fraction of sp³-hybridized carbons (Fsp3) is 0.406. The monoisotopic (exact) mass is 586 g/mol. The molecule has 224 valence electrons. The number of piperidine rings is 1. The van der Waals surface area contributed by atoms with Gasteiger partial charge in [0.2, 0.25) is 0 Å². The number of hydrogen-bond donors (Lipinski definition) is 0. The van der Waals surface area contributed by atoms with Gasteiger partial charge in [-0.25, -0.2) is 13.9 Å². The molecule has 1 saturated carbocycles. The molecule has 43 heavy (non-hydrogen) atoms. The average Bonchev–Trinajstić information content (AvgIpc) is 3.46. The van der Waals surface area contributed by atoms with Gasteiger partial charge in [0, 0.05) is 32.2 Å². The molecule has 1 saturated heterocycles. The summed E-state index contributed by atoms with van der Waals surface area (Å²) in [6.07, 6.45) is 4.99. The van der Waals surface area contributed by atoms with E-state index in [1.807, 2.05) is 25.2 Å². The third-order valence-electron chi connectivity index (χ3n) is 8.26. The van der Waals surface area contributed by atoms with E-state index in [0.717, 1.165) is 37.0 Å². The van der Waals surface area contributed by atoms with Crippen molar-refractivity contribution in [2.75, 3.05) is 40.5 Å². The number of allylic oxidation sites excluding steroid dienone is 1. The highest BCUT2D eigenvalue weighted by atomic mass is 19.1. The van der Waals surface area contributed by atoms with Gasteiger partial charge < -0.3 is 14.4 Å². The smallest absolute Gasteiger partial charge is 0.341 e. The predicted molar refractivity (Wildman–Crippen MR) is 157 cm³/mol. The van der Waals surface area contributed by atoms with Crippen molar-refractivity contribution in [3.05, 3.63) is 82.6 Å². The molecule has 1 amide bonds. The highest BCUT2D eigenvalue weighted by Crippen LogP contribution is 2.51. The van der Waals surface area contributed by atoms with Gasteiger partial charge in [-0.15, -0.1) is 5.11 Å². The second-order valence-electron chi connectivity index (χ2n) is 11.1. The number of hydrogen-bond acceptors (Lipinski definition) is 8. The Labute approximate surface area is 249 Å². The fourth-order valence-corrected chi connectivity index (χ4v) is 6.10. The van der Waals surface area contributed by atoms with Crippen LogP contribution in [0.15, 0.2) is 70.3 Å². The quantitative estimate of drug-likeness (QED) is 0.321. The molecule has 10 nitrogen and oxygen atoms in total. The van der Waals surface area contributed by atoms with Crippen LogP contribution in [0.3, 0.4) is 0 Å². The SMILES string of the molecule is CCOC(=O)c1cnn(-c2cccc(-c3cccc(C(=O)N4CCCCC4COC)c3F)c2)c1[C@@H]1C/C1=C1/CN(C)N=N1. The molecular weight excluding hydrogens is 551 g/mol. The lowest BCUT2D eigenvalue weighted by molar-refractivity contribution is 0.0424. The molecule has 0 spiro atoms. The molecule has 1 aliphatic carbocycles. The Morgan fingerprint density at radius 1 is 1.12 bits per heavy atom. The number of carbonyl (C=O) groups is 2. The van der Waals surface area contributed by atoms with Gasteiger partial charge in [-0.1, -0.05) is 29.5 Å². The van der Waals surface area contributed by atoms with Gasteiger partial charge in [-0.2, -0.15) is 5.10 Å². The van der Waals surface area contributed by atoms with Crippen molar-refractivity contribution >= 4 is 11.9 Å². The average molecular weight is 587 g/mol. The molecule has 0 radical (unpaired) electrons. The summed E-state index contributed by atoms with van der Waals surface area (Å²) in [5, 5.41) is 14.7. The number of likely N-dealkylation sites (N-methyl/N-ethyl adjacent to an activating group) is 1. The minimum Gasteiger partial charge on any atom is -0.462 e. The minimum absolute atomic E-state index is 0.0419. The third-order valence-corrected chi connectivity index (χ3v) is 8.26. The predicted octanol–water partition coefficient (Wildman–Crippen LogP) is 5.55. The van der Waals surface area contributed by atoms with Gasteiger partial charge in [-0.3, -0.25) is 9.80 Å². The van der Waals surface area contributed by atoms with E-state index in [1.165, 1.54) is 6.20 Å². The first-order chi connectivity index (χ1) is 20.9. The zero-order valence-electron chi connectivity index (χ0n) is 24.6. The Balaban J connectivity index is 1.35. The molecule has 2 fully saturated rings. The van der Waals surface area contributed by atoms with Gasteiger partial charge in [0.15, 0.2) is 0 Å². The zero-order chi connectivity index (χ0) is 30.1. The number of nitrogens with zero attached hydrogens (tertiary/aromatic N) is 6. The Kier molecular flexibility index (Phi) is 8.07. The minimum atomic E-state index is -0.566. The van der Waals surface area contributed by atoms with Crippen LogP contribution < -0.4 is 0 Å². The van der Waals surface area contributed by atoms with Crippen LogP contribution in [0.1, 0.15) is 64.9 Å². The lowest BCUT2D eigenvalue weighted by Crippen LogP contribution is -2.46. The molecule has 2 aliphatic heterocycles. The van der Waals surface area contributed by atoms with Crippen LogP contribution in [0, 0.1) is 5.82 Å². The first-order valence-corrected chi connectivity index (χ1v) is 14.7. The molecule has 6 rings (SSSR count). The molecule has 1 unspecified atom stereocenters. The first-order valence-electron chi connectivity index (χ1n) is 14.7. The van der Waals surface area contributed by atoms with Gasteiger partial charge in [-0.05, 0) is 61.9 Å². The van der Waals surface area contributed by atoms with E-state index in [4.69, 9.17) is 9.47 Å². The standard InChI is InChI=1S/C32H35FN6O4/c1-4-43-32(41)27-17-34-39(30(27)26-16-25(26)28-18-37(2)36-35-28)21-11-7-9-20(15-21)23-12-8-13-24(29(23)33)31(40)38-14-6-5-10-22(38)19-42-3/h7-9,11-13,15,17,22,26H,4-6,10,14,16,18-19H2,1-3H3/b28-25+/t22?,26-/m1/s1. The molecule has 2 aromatic carbocycles. The molecule has 11 heteroatoms. The van der Waals surface area contributed by atoms with Crippen molar-refractivity contribution in [2.45, 2.75) is 44.6 Å².